The van der Waals surface area contributed by atoms with Gasteiger partial charge in [0.25, 0.3) is 0 Å². The van der Waals surface area contributed by atoms with E-state index < -0.39 is 26.6 Å². The number of hydrogen-bond donors (Lipinski definition) is 3. The zero-order chi connectivity index (χ0) is 11.9. The summed E-state index contributed by atoms with van der Waals surface area (Å²) >= 11 is 0. The van der Waals surface area contributed by atoms with Crippen LogP contribution in [0.15, 0.2) is 0 Å². The van der Waals surface area contributed by atoms with E-state index in [4.69, 9.17) is 19.3 Å². The Morgan fingerprint density at radius 3 is 2.07 bits per heavy atom. The van der Waals surface area contributed by atoms with Crippen LogP contribution in [0.1, 0.15) is 20.3 Å². The Morgan fingerprint density at radius 1 is 1.27 bits per heavy atom. The van der Waals surface area contributed by atoms with Gasteiger partial charge in [0.1, 0.15) is 0 Å². The number of rotatable bonds is 8. The van der Waals surface area contributed by atoms with Crippen molar-refractivity contribution in [2.24, 2.45) is 0 Å². The SMILES string of the molecule is CCO[PH](O)(OCC)C(F)C[C@@H](O)CO. The van der Waals surface area contributed by atoms with Gasteiger partial charge in [0.05, 0.1) is 0 Å². The monoisotopic (exact) mass is 246 g/mol. The maximum absolute atomic E-state index is 13.6. The Morgan fingerprint density at radius 2 is 1.73 bits per heavy atom. The van der Waals surface area contributed by atoms with E-state index in [0.29, 0.717) is 0 Å². The molecule has 15 heavy (non-hydrogen) atoms. The Balaban J connectivity index is 4.32. The molecule has 0 saturated carbocycles. The van der Waals surface area contributed by atoms with E-state index >= 15 is 0 Å². The fourth-order valence-corrected chi connectivity index (χ4v) is 2.94. The Bertz CT molecular complexity index is 165. The summed E-state index contributed by atoms with van der Waals surface area (Å²) in [4.78, 5) is 9.75. The molecule has 7 heteroatoms. The first-order chi connectivity index (χ1) is 7.00. The first kappa shape index (κ1) is 15.2. The number of aliphatic hydroxyl groups is 2. The van der Waals surface area contributed by atoms with Gasteiger partial charge in [-0.3, -0.25) is 0 Å². The molecule has 3 N–H and O–H groups in total. The van der Waals surface area contributed by atoms with Crippen LogP contribution in [0.4, 0.5) is 4.39 Å². The van der Waals surface area contributed by atoms with E-state index in [1.807, 2.05) is 0 Å². The van der Waals surface area contributed by atoms with Gasteiger partial charge in [-0.25, -0.2) is 0 Å². The molecule has 0 aromatic heterocycles. The molecular weight excluding hydrogens is 226 g/mol. The summed E-state index contributed by atoms with van der Waals surface area (Å²) in [7, 11) is -3.87. The normalized spacial score (nSPS) is 17.5. The second kappa shape index (κ2) is 7.44. The van der Waals surface area contributed by atoms with Gasteiger partial charge in [0.15, 0.2) is 0 Å². The molecule has 1 unspecified atom stereocenters. The third-order valence-corrected chi connectivity index (χ3v) is 4.22. The van der Waals surface area contributed by atoms with Crippen molar-refractivity contribution < 1.29 is 28.5 Å². The molecule has 0 fully saturated rings. The number of aliphatic hydroxyl groups excluding tert-OH is 2. The zero-order valence-electron chi connectivity index (χ0n) is 9.02. The molecule has 0 bridgehead atoms. The molecule has 2 atom stereocenters. The van der Waals surface area contributed by atoms with Crippen LogP contribution in [0.25, 0.3) is 0 Å². The van der Waals surface area contributed by atoms with Crippen molar-refractivity contribution in [1.82, 2.24) is 0 Å². The fourth-order valence-electron chi connectivity index (χ4n) is 1.10. The van der Waals surface area contributed by atoms with Crippen molar-refractivity contribution in [2.75, 3.05) is 19.8 Å². The second-order valence-electron chi connectivity index (χ2n) is 3.04. The molecule has 0 radical (unpaired) electrons. The summed E-state index contributed by atoms with van der Waals surface area (Å²) in [6, 6.07) is 0. The molecule has 0 rings (SSSR count). The van der Waals surface area contributed by atoms with E-state index in [1.165, 1.54) is 0 Å². The van der Waals surface area contributed by atoms with E-state index in [-0.39, 0.29) is 19.6 Å². The van der Waals surface area contributed by atoms with Crippen molar-refractivity contribution in [3.05, 3.63) is 0 Å². The Hall–Kier alpha value is 0.160. The van der Waals surface area contributed by atoms with Gasteiger partial charge in [0, 0.05) is 0 Å². The van der Waals surface area contributed by atoms with Gasteiger partial charge in [-0.1, -0.05) is 0 Å². The molecule has 94 valence electrons. The first-order valence-corrected chi connectivity index (χ1v) is 6.77. The fraction of sp³-hybridized carbons (Fsp3) is 1.00. The Labute approximate surface area is 89.4 Å². The van der Waals surface area contributed by atoms with Gasteiger partial charge < -0.3 is 0 Å². The molecule has 0 aromatic carbocycles. The number of halogens is 1. The quantitative estimate of drug-likeness (QED) is 0.546. The van der Waals surface area contributed by atoms with E-state index in [2.05, 4.69) is 0 Å². The minimum absolute atomic E-state index is 0.137. The van der Waals surface area contributed by atoms with Crippen LogP contribution >= 0.6 is 7.94 Å². The predicted octanol–water partition coefficient (Wildman–Crippen LogP) is 0.586. The molecule has 0 spiro atoms. The standard InChI is InChI=1S/C8H20FO5P/c1-3-13-15(12,14-4-2)8(9)5-7(11)6-10/h7-8,10-12,15H,3-6H2,1-2H3/t7-,8?/m1/s1. The van der Waals surface area contributed by atoms with Crippen LogP contribution in [0, 0.1) is 0 Å². The summed E-state index contributed by atoms with van der Waals surface area (Å²) in [6.45, 7) is 2.96. The van der Waals surface area contributed by atoms with Crippen molar-refractivity contribution >= 4 is 7.94 Å². The second-order valence-corrected chi connectivity index (χ2v) is 5.50. The van der Waals surface area contributed by atoms with Crippen LogP contribution in [0.2, 0.25) is 0 Å². The van der Waals surface area contributed by atoms with Crippen LogP contribution in [0.5, 0.6) is 0 Å². The van der Waals surface area contributed by atoms with Gasteiger partial charge >= 0.3 is 88.6 Å². The molecule has 0 aliphatic heterocycles. The van der Waals surface area contributed by atoms with Crippen LogP contribution in [-0.2, 0) is 9.05 Å². The van der Waals surface area contributed by atoms with Crippen LogP contribution in [-0.4, -0.2) is 46.9 Å². The molecule has 5 nitrogen and oxygen atoms in total. The molecule has 0 aliphatic carbocycles. The van der Waals surface area contributed by atoms with Crippen LogP contribution in [0.3, 0.4) is 0 Å². The van der Waals surface area contributed by atoms with E-state index in [9.17, 15) is 9.28 Å². The molecule has 0 aliphatic rings. The third-order valence-electron chi connectivity index (χ3n) is 1.79. The van der Waals surface area contributed by atoms with E-state index in [0.717, 1.165) is 0 Å². The average Bonchev–Trinajstić information content (AvgIpc) is 2.18. The summed E-state index contributed by atoms with van der Waals surface area (Å²) in [5.41, 5.74) is 0. The molecule has 0 amide bonds. The zero-order valence-corrected chi connectivity index (χ0v) is 10.0. The Kier molecular flexibility index (Phi) is 7.52. The predicted molar refractivity (Wildman–Crippen MR) is 56.4 cm³/mol. The molecule has 0 heterocycles. The van der Waals surface area contributed by atoms with Crippen molar-refractivity contribution in [3.63, 3.8) is 0 Å². The van der Waals surface area contributed by atoms with Gasteiger partial charge in [-0.15, -0.1) is 0 Å². The van der Waals surface area contributed by atoms with Crippen molar-refractivity contribution in [2.45, 2.75) is 32.3 Å². The van der Waals surface area contributed by atoms with Crippen LogP contribution < -0.4 is 0 Å². The maximum atomic E-state index is 13.6. The van der Waals surface area contributed by atoms with E-state index in [1.54, 1.807) is 13.8 Å². The van der Waals surface area contributed by atoms with Gasteiger partial charge in [-0.05, 0) is 0 Å². The molecular formula is C8H20FO5P. The minimum atomic E-state index is -3.87. The third kappa shape index (κ3) is 5.15. The van der Waals surface area contributed by atoms with Gasteiger partial charge in [0.2, 0.25) is 0 Å². The number of alkyl halides is 1. The topological polar surface area (TPSA) is 79.2 Å². The summed E-state index contributed by atoms with van der Waals surface area (Å²) in [6.07, 6.45) is -1.60. The average molecular weight is 246 g/mol. The summed E-state index contributed by atoms with van der Waals surface area (Å²) in [5, 5.41) is 17.6. The van der Waals surface area contributed by atoms with Crippen molar-refractivity contribution in [3.8, 4) is 0 Å². The first-order valence-electron chi connectivity index (χ1n) is 4.93. The molecule has 0 saturated heterocycles. The van der Waals surface area contributed by atoms with Crippen molar-refractivity contribution in [1.29, 1.82) is 0 Å². The molecule has 0 aromatic rings. The summed E-state index contributed by atoms with van der Waals surface area (Å²) < 4.78 is 23.3. The number of hydrogen-bond acceptors (Lipinski definition) is 5. The van der Waals surface area contributed by atoms with Gasteiger partial charge in [-0.2, -0.15) is 0 Å². The summed E-state index contributed by atoms with van der Waals surface area (Å²) in [5.74, 6) is -1.78.